The highest BCUT2D eigenvalue weighted by Gasteiger charge is 2.23. The van der Waals surface area contributed by atoms with Crippen LogP contribution in [0.3, 0.4) is 0 Å². The van der Waals surface area contributed by atoms with Crippen molar-refractivity contribution in [3.8, 4) is 5.69 Å². The van der Waals surface area contributed by atoms with E-state index in [0.717, 1.165) is 10.2 Å². The molecule has 5 heteroatoms. The summed E-state index contributed by atoms with van der Waals surface area (Å²) in [6, 6.07) is 4.86. The Morgan fingerprint density at radius 1 is 1.39 bits per heavy atom. The Bertz CT molecular complexity index is 563. The highest BCUT2D eigenvalue weighted by Crippen LogP contribution is 2.25. The van der Waals surface area contributed by atoms with Crippen molar-refractivity contribution in [2.75, 3.05) is 7.05 Å². The van der Waals surface area contributed by atoms with E-state index < -0.39 is 0 Å². The van der Waals surface area contributed by atoms with Gasteiger partial charge in [0.25, 0.3) is 0 Å². The molecule has 0 fully saturated rings. The Morgan fingerprint density at radius 3 is 2.78 bits per heavy atom. The van der Waals surface area contributed by atoms with Crippen LogP contribution in [-0.4, -0.2) is 16.6 Å². The third kappa shape index (κ3) is 2.33. The number of nitrogens with one attached hydrogen (secondary N) is 1. The van der Waals surface area contributed by atoms with Crippen LogP contribution in [0.5, 0.6) is 0 Å². The van der Waals surface area contributed by atoms with Gasteiger partial charge in [-0.1, -0.05) is 15.9 Å². The Hall–Kier alpha value is -1.20. The van der Waals surface area contributed by atoms with Gasteiger partial charge in [-0.15, -0.1) is 0 Å². The minimum absolute atomic E-state index is 0.274. The van der Waals surface area contributed by atoms with Crippen LogP contribution in [0.15, 0.2) is 35.2 Å². The maximum Gasteiger partial charge on any atom is 0.147 e. The molecule has 1 heterocycles. The first-order valence-corrected chi connectivity index (χ1v) is 6.42. The fraction of sp³-hybridized carbons (Fsp3) is 0.308. The lowest BCUT2D eigenvalue weighted by Crippen LogP contribution is -2.35. The molecule has 0 spiro atoms. The Morgan fingerprint density at radius 2 is 2.11 bits per heavy atom. The molecule has 0 atom stereocenters. The molecule has 18 heavy (non-hydrogen) atoms. The second kappa shape index (κ2) is 4.82. The van der Waals surface area contributed by atoms with Crippen molar-refractivity contribution in [1.29, 1.82) is 0 Å². The van der Waals surface area contributed by atoms with Gasteiger partial charge in [0.15, 0.2) is 0 Å². The zero-order valence-corrected chi connectivity index (χ0v) is 12.1. The molecule has 1 aromatic carbocycles. The SMILES string of the molecule is CNC(C)(C)c1cncn1-c1cc(Br)ccc1F. The predicted octanol–water partition coefficient (Wildman–Crippen LogP) is 3.23. The van der Waals surface area contributed by atoms with Crippen molar-refractivity contribution in [1.82, 2.24) is 14.9 Å². The van der Waals surface area contributed by atoms with Gasteiger partial charge in [-0.3, -0.25) is 4.57 Å². The molecule has 0 saturated carbocycles. The van der Waals surface area contributed by atoms with Gasteiger partial charge >= 0.3 is 0 Å². The first-order valence-electron chi connectivity index (χ1n) is 5.63. The number of nitrogens with zero attached hydrogens (tertiary/aromatic N) is 2. The van der Waals surface area contributed by atoms with Gasteiger partial charge < -0.3 is 5.32 Å². The van der Waals surface area contributed by atoms with E-state index in [9.17, 15) is 4.39 Å². The zero-order chi connectivity index (χ0) is 13.3. The van der Waals surface area contributed by atoms with Crippen molar-refractivity contribution < 1.29 is 4.39 Å². The summed E-state index contributed by atoms with van der Waals surface area (Å²) in [5, 5.41) is 3.19. The monoisotopic (exact) mass is 311 g/mol. The summed E-state index contributed by atoms with van der Waals surface area (Å²) in [5.74, 6) is -0.274. The molecule has 1 N–H and O–H groups in total. The number of aromatic nitrogens is 2. The average Bonchev–Trinajstić information content (AvgIpc) is 2.82. The molecule has 0 bridgehead atoms. The van der Waals surface area contributed by atoms with Crippen LogP contribution in [0.25, 0.3) is 5.69 Å². The van der Waals surface area contributed by atoms with E-state index in [0.29, 0.717) is 5.69 Å². The molecular weight excluding hydrogens is 297 g/mol. The molecule has 3 nitrogen and oxygen atoms in total. The summed E-state index contributed by atoms with van der Waals surface area (Å²) >= 11 is 3.36. The predicted molar refractivity (Wildman–Crippen MR) is 73.3 cm³/mol. The summed E-state index contributed by atoms with van der Waals surface area (Å²) in [6.45, 7) is 4.05. The van der Waals surface area contributed by atoms with Crippen molar-refractivity contribution in [3.63, 3.8) is 0 Å². The van der Waals surface area contributed by atoms with Gasteiger partial charge in [0.1, 0.15) is 5.82 Å². The molecule has 0 unspecified atom stereocenters. The molecule has 0 aliphatic rings. The molecule has 1 aromatic heterocycles. The molecule has 96 valence electrons. The number of benzene rings is 1. The van der Waals surface area contributed by atoms with E-state index in [1.807, 2.05) is 20.9 Å². The third-order valence-electron chi connectivity index (χ3n) is 3.07. The second-order valence-electron chi connectivity index (χ2n) is 4.62. The van der Waals surface area contributed by atoms with Crippen LogP contribution in [0.4, 0.5) is 4.39 Å². The van der Waals surface area contributed by atoms with Crippen molar-refractivity contribution in [2.45, 2.75) is 19.4 Å². The van der Waals surface area contributed by atoms with Crippen LogP contribution < -0.4 is 5.32 Å². The minimum atomic E-state index is -0.286. The second-order valence-corrected chi connectivity index (χ2v) is 5.54. The van der Waals surface area contributed by atoms with E-state index in [-0.39, 0.29) is 11.4 Å². The quantitative estimate of drug-likeness (QED) is 0.943. The van der Waals surface area contributed by atoms with Crippen molar-refractivity contribution in [3.05, 3.63) is 46.7 Å². The molecule has 0 radical (unpaired) electrons. The fourth-order valence-corrected chi connectivity index (χ4v) is 2.10. The average molecular weight is 312 g/mol. The van der Waals surface area contributed by atoms with Gasteiger partial charge in [0.05, 0.1) is 29.4 Å². The largest absolute Gasteiger partial charge is 0.310 e. The highest BCUT2D eigenvalue weighted by molar-refractivity contribution is 9.10. The topological polar surface area (TPSA) is 29.9 Å². The standard InChI is InChI=1S/C13H15BrFN3/c1-13(2,16-3)12-7-17-8-18(12)11-6-9(14)4-5-10(11)15/h4-8,16H,1-3H3. The smallest absolute Gasteiger partial charge is 0.147 e. The van der Waals surface area contributed by atoms with Crippen LogP contribution >= 0.6 is 15.9 Å². The molecule has 0 amide bonds. The van der Waals surface area contributed by atoms with Gasteiger partial charge in [0, 0.05) is 4.47 Å². The minimum Gasteiger partial charge on any atom is -0.310 e. The van der Waals surface area contributed by atoms with Gasteiger partial charge in [-0.25, -0.2) is 9.37 Å². The Balaban J connectivity index is 2.59. The summed E-state index contributed by atoms with van der Waals surface area (Å²) in [5.41, 5.74) is 1.10. The van der Waals surface area contributed by atoms with Crippen molar-refractivity contribution in [2.24, 2.45) is 0 Å². The lowest BCUT2D eigenvalue weighted by Gasteiger charge is -2.25. The molecule has 0 aliphatic heterocycles. The number of hydrogen-bond acceptors (Lipinski definition) is 2. The Kier molecular flexibility index (Phi) is 3.54. The number of imidazole rings is 1. The maximum atomic E-state index is 13.9. The normalized spacial score (nSPS) is 11.8. The maximum absolute atomic E-state index is 13.9. The van der Waals surface area contributed by atoms with Crippen molar-refractivity contribution >= 4 is 15.9 Å². The van der Waals surface area contributed by atoms with E-state index in [4.69, 9.17) is 0 Å². The van der Waals surface area contributed by atoms with E-state index in [1.165, 1.54) is 6.07 Å². The van der Waals surface area contributed by atoms with Gasteiger partial charge in [0.2, 0.25) is 0 Å². The summed E-state index contributed by atoms with van der Waals surface area (Å²) < 4.78 is 16.5. The van der Waals surface area contributed by atoms with Crippen LogP contribution in [-0.2, 0) is 5.54 Å². The summed E-state index contributed by atoms with van der Waals surface area (Å²) in [7, 11) is 1.87. The highest BCUT2D eigenvalue weighted by atomic mass is 79.9. The first-order chi connectivity index (χ1) is 8.45. The van der Waals surface area contributed by atoms with Gasteiger partial charge in [-0.05, 0) is 39.1 Å². The van der Waals surface area contributed by atoms with E-state index >= 15 is 0 Å². The van der Waals surface area contributed by atoms with Crippen LogP contribution in [0.1, 0.15) is 19.5 Å². The molecule has 2 rings (SSSR count). The van der Waals surface area contributed by atoms with E-state index in [1.54, 1.807) is 29.2 Å². The molecular formula is C13H15BrFN3. The molecule has 0 saturated heterocycles. The summed E-state index contributed by atoms with van der Waals surface area (Å²) in [4.78, 5) is 4.12. The zero-order valence-electron chi connectivity index (χ0n) is 10.5. The van der Waals surface area contributed by atoms with E-state index in [2.05, 4.69) is 26.2 Å². The van der Waals surface area contributed by atoms with Crippen LogP contribution in [0.2, 0.25) is 0 Å². The summed E-state index contributed by atoms with van der Waals surface area (Å²) in [6.07, 6.45) is 3.37. The van der Waals surface area contributed by atoms with Crippen LogP contribution in [0, 0.1) is 5.82 Å². The molecule has 0 aliphatic carbocycles. The number of hydrogen-bond donors (Lipinski definition) is 1. The molecule has 2 aromatic rings. The number of halogens is 2. The lowest BCUT2D eigenvalue weighted by atomic mass is 10.0. The fourth-order valence-electron chi connectivity index (χ4n) is 1.75. The lowest BCUT2D eigenvalue weighted by molar-refractivity contribution is 0.423. The van der Waals surface area contributed by atoms with Gasteiger partial charge in [-0.2, -0.15) is 0 Å². The third-order valence-corrected chi connectivity index (χ3v) is 3.56. The first kappa shape index (κ1) is 13.2. The number of rotatable bonds is 3. The Labute approximate surface area is 114 Å².